The summed E-state index contributed by atoms with van der Waals surface area (Å²) in [5.41, 5.74) is 1.76. The van der Waals surface area contributed by atoms with Crippen LogP contribution in [0.5, 0.6) is 11.6 Å². The minimum atomic E-state index is -3.77. The molecule has 4 rings (SSSR count). The van der Waals surface area contributed by atoms with Gasteiger partial charge in [-0.05, 0) is 67.9 Å². The molecule has 10 heteroatoms. The maximum absolute atomic E-state index is 12.7. The maximum Gasteiger partial charge on any atom is 0.262 e. The number of sulfonamides is 1. The second-order valence-corrected chi connectivity index (χ2v) is 8.78. The lowest BCUT2D eigenvalue weighted by Crippen LogP contribution is -2.14. The number of anilines is 1. The molecule has 4 aromatic rings. The summed E-state index contributed by atoms with van der Waals surface area (Å²) in [5, 5.41) is 12.8. The molecular weight excluding hydrogens is 438 g/mol. The number of nitrogens with zero attached hydrogens (tertiary/aromatic N) is 4. The summed E-state index contributed by atoms with van der Waals surface area (Å²) in [5.74, 6) is 1.36. The Morgan fingerprint density at radius 3 is 2.39 bits per heavy atom. The lowest BCUT2D eigenvalue weighted by atomic mass is 10.2. The molecule has 8 nitrogen and oxygen atoms in total. The van der Waals surface area contributed by atoms with E-state index in [0.29, 0.717) is 33.7 Å². The molecule has 0 amide bonds. The molecule has 0 fully saturated rings. The monoisotopic (exact) mass is 455 g/mol. The first kappa shape index (κ1) is 20.8. The molecule has 1 N–H and O–H groups in total. The molecule has 0 aliphatic heterocycles. The van der Waals surface area contributed by atoms with Gasteiger partial charge in [-0.1, -0.05) is 17.7 Å². The third-order valence-corrected chi connectivity index (χ3v) is 6.35. The van der Waals surface area contributed by atoms with Gasteiger partial charge in [-0.3, -0.25) is 4.72 Å². The van der Waals surface area contributed by atoms with Crippen molar-refractivity contribution < 1.29 is 13.2 Å². The van der Waals surface area contributed by atoms with Gasteiger partial charge in [0.1, 0.15) is 5.75 Å². The smallest absolute Gasteiger partial charge is 0.262 e. The highest BCUT2D eigenvalue weighted by molar-refractivity contribution is 7.92. The van der Waals surface area contributed by atoms with Gasteiger partial charge in [-0.25, -0.2) is 13.1 Å². The summed E-state index contributed by atoms with van der Waals surface area (Å²) in [7, 11) is -3.77. The van der Waals surface area contributed by atoms with E-state index >= 15 is 0 Å². The second-order valence-electron chi connectivity index (χ2n) is 6.73. The average molecular weight is 456 g/mol. The number of benzene rings is 2. The topological polar surface area (TPSA) is 99.0 Å². The van der Waals surface area contributed by atoms with Gasteiger partial charge in [0.2, 0.25) is 5.88 Å². The van der Waals surface area contributed by atoms with Crippen molar-refractivity contribution in [1.29, 1.82) is 0 Å². The minimum absolute atomic E-state index is 0.128. The van der Waals surface area contributed by atoms with Crippen LogP contribution in [0.1, 0.15) is 11.3 Å². The number of rotatable bonds is 6. The van der Waals surface area contributed by atoms with Crippen LogP contribution in [0.15, 0.2) is 71.8 Å². The Labute approximate surface area is 184 Å². The van der Waals surface area contributed by atoms with Crippen molar-refractivity contribution >= 4 is 27.3 Å². The molecule has 31 heavy (non-hydrogen) atoms. The molecule has 0 aliphatic carbocycles. The van der Waals surface area contributed by atoms with Crippen molar-refractivity contribution in [2.75, 3.05) is 4.72 Å². The summed E-state index contributed by atoms with van der Waals surface area (Å²) < 4.78 is 35.2. The van der Waals surface area contributed by atoms with E-state index in [-0.39, 0.29) is 4.90 Å². The highest BCUT2D eigenvalue weighted by Gasteiger charge is 2.18. The molecule has 0 spiro atoms. The Kier molecular flexibility index (Phi) is 5.62. The molecule has 0 aliphatic rings. The minimum Gasteiger partial charge on any atom is -0.438 e. The largest absolute Gasteiger partial charge is 0.438 e. The van der Waals surface area contributed by atoms with E-state index in [4.69, 9.17) is 16.3 Å². The van der Waals surface area contributed by atoms with Crippen molar-refractivity contribution in [3.05, 3.63) is 83.1 Å². The van der Waals surface area contributed by atoms with Gasteiger partial charge in [0.15, 0.2) is 5.82 Å². The molecule has 0 saturated carbocycles. The number of nitrogens with one attached hydrogen (secondary N) is 1. The van der Waals surface area contributed by atoms with E-state index in [1.54, 1.807) is 66.3 Å². The fraction of sp³-hybridized carbons (Fsp3) is 0.0952. The number of halogens is 1. The summed E-state index contributed by atoms with van der Waals surface area (Å²) in [6, 6.07) is 16.5. The van der Waals surface area contributed by atoms with Crippen molar-refractivity contribution in [1.82, 2.24) is 20.0 Å². The molecule has 0 atom stereocenters. The van der Waals surface area contributed by atoms with Crippen LogP contribution in [-0.2, 0) is 10.0 Å². The van der Waals surface area contributed by atoms with Crippen LogP contribution in [0.2, 0.25) is 5.02 Å². The Morgan fingerprint density at radius 2 is 1.74 bits per heavy atom. The molecule has 158 valence electrons. The average Bonchev–Trinajstić information content (AvgIpc) is 3.18. The SMILES string of the molecule is Cc1ccn(-c2ccc(Oc3ccc(NS(=O)(=O)c4cccc(Cl)c4C)cc3)nn2)n1. The lowest BCUT2D eigenvalue weighted by Gasteiger charge is -2.12. The summed E-state index contributed by atoms with van der Waals surface area (Å²) in [6.07, 6.45) is 1.80. The Balaban J connectivity index is 1.45. The van der Waals surface area contributed by atoms with E-state index in [9.17, 15) is 8.42 Å². The van der Waals surface area contributed by atoms with Crippen LogP contribution in [0.3, 0.4) is 0 Å². The Morgan fingerprint density at radius 1 is 0.968 bits per heavy atom. The van der Waals surface area contributed by atoms with E-state index in [1.807, 2.05) is 13.0 Å². The first-order valence-electron chi connectivity index (χ1n) is 9.24. The van der Waals surface area contributed by atoms with E-state index in [1.165, 1.54) is 6.07 Å². The van der Waals surface area contributed by atoms with Crippen LogP contribution in [-0.4, -0.2) is 28.4 Å². The fourth-order valence-electron chi connectivity index (χ4n) is 2.83. The van der Waals surface area contributed by atoms with Crippen LogP contribution < -0.4 is 9.46 Å². The van der Waals surface area contributed by atoms with E-state index < -0.39 is 10.0 Å². The van der Waals surface area contributed by atoms with Gasteiger partial charge in [0.05, 0.1) is 10.6 Å². The van der Waals surface area contributed by atoms with Gasteiger partial charge >= 0.3 is 0 Å². The standard InChI is InChI=1S/C21H18ClN5O3S/c1-14-12-13-27(25-14)20-10-11-21(24-23-20)30-17-8-6-16(7-9-17)26-31(28,29)19-5-3-4-18(22)15(19)2/h3-13,26H,1-2H3. The summed E-state index contributed by atoms with van der Waals surface area (Å²) >= 11 is 6.04. The van der Waals surface area contributed by atoms with Crippen LogP contribution in [0.4, 0.5) is 5.69 Å². The Bertz CT molecular complexity index is 1320. The van der Waals surface area contributed by atoms with Crippen LogP contribution in [0, 0.1) is 13.8 Å². The molecule has 2 heterocycles. The van der Waals surface area contributed by atoms with Crippen molar-refractivity contribution in [3.63, 3.8) is 0 Å². The van der Waals surface area contributed by atoms with Crippen molar-refractivity contribution in [2.45, 2.75) is 18.7 Å². The quantitative estimate of drug-likeness (QED) is 0.458. The maximum atomic E-state index is 12.7. The molecule has 2 aromatic carbocycles. The fourth-order valence-corrected chi connectivity index (χ4v) is 4.39. The predicted octanol–water partition coefficient (Wildman–Crippen LogP) is 4.53. The summed E-state index contributed by atoms with van der Waals surface area (Å²) in [6.45, 7) is 3.55. The normalized spacial score (nSPS) is 11.3. The van der Waals surface area contributed by atoms with E-state index in [0.717, 1.165) is 5.69 Å². The van der Waals surface area contributed by atoms with Gasteiger partial charge in [-0.2, -0.15) is 5.10 Å². The molecule has 2 aromatic heterocycles. The van der Waals surface area contributed by atoms with Gasteiger partial charge in [0.25, 0.3) is 10.0 Å². The Hall–Kier alpha value is -3.43. The molecule has 0 radical (unpaired) electrons. The highest BCUT2D eigenvalue weighted by atomic mass is 35.5. The first-order chi connectivity index (χ1) is 14.8. The second kappa shape index (κ2) is 8.37. The number of ether oxygens (including phenoxy) is 1. The van der Waals surface area contributed by atoms with Gasteiger partial charge in [0, 0.05) is 23.0 Å². The lowest BCUT2D eigenvalue weighted by molar-refractivity contribution is 0.454. The van der Waals surface area contributed by atoms with Crippen LogP contribution in [0.25, 0.3) is 5.82 Å². The predicted molar refractivity (Wildman–Crippen MR) is 117 cm³/mol. The number of aryl methyl sites for hydroxylation is 1. The summed E-state index contributed by atoms with van der Waals surface area (Å²) in [4.78, 5) is 0.128. The third kappa shape index (κ3) is 4.68. The molecular formula is C21H18ClN5O3S. The molecule has 0 saturated heterocycles. The zero-order valence-corrected chi connectivity index (χ0v) is 18.2. The first-order valence-corrected chi connectivity index (χ1v) is 11.1. The number of hydrogen-bond donors (Lipinski definition) is 1. The van der Waals surface area contributed by atoms with E-state index in [2.05, 4.69) is 20.0 Å². The van der Waals surface area contributed by atoms with Gasteiger partial charge < -0.3 is 4.74 Å². The van der Waals surface area contributed by atoms with Crippen molar-refractivity contribution in [3.8, 4) is 17.4 Å². The number of aromatic nitrogens is 4. The number of hydrogen-bond acceptors (Lipinski definition) is 6. The van der Waals surface area contributed by atoms with Crippen LogP contribution >= 0.6 is 11.6 Å². The molecule has 0 unspecified atom stereocenters. The zero-order valence-electron chi connectivity index (χ0n) is 16.7. The van der Waals surface area contributed by atoms with Gasteiger partial charge in [-0.15, -0.1) is 10.2 Å². The zero-order chi connectivity index (χ0) is 22.0. The third-order valence-electron chi connectivity index (χ3n) is 4.42. The van der Waals surface area contributed by atoms with Crippen molar-refractivity contribution in [2.24, 2.45) is 0 Å². The molecule has 0 bridgehead atoms. The highest BCUT2D eigenvalue weighted by Crippen LogP contribution is 2.26.